The highest BCUT2D eigenvalue weighted by Crippen LogP contribution is 2.55. The van der Waals surface area contributed by atoms with Crippen LogP contribution in [-0.4, -0.2) is 59.0 Å². The van der Waals surface area contributed by atoms with Crippen molar-refractivity contribution < 1.29 is 9.53 Å². The molecule has 5 rings (SSSR count). The number of likely N-dealkylation sites (tertiary alicyclic amines) is 2. The molecule has 0 spiro atoms. The molecule has 2 aliphatic heterocycles. The van der Waals surface area contributed by atoms with Gasteiger partial charge < -0.3 is 9.64 Å². The number of hydrogen-bond acceptors (Lipinski definition) is 4. The third-order valence-corrected chi connectivity index (χ3v) is 8.25. The second-order valence-electron chi connectivity index (χ2n) is 9.79. The number of rotatable bonds is 4. The van der Waals surface area contributed by atoms with Gasteiger partial charge in [0.2, 0.25) is 5.88 Å². The van der Waals surface area contributed by atoms with Gasteiger partial charge in [0.15, 0.2) is 0 Å². The molecule has 164 valence electrons. The van der Waals surface area contributed by atoms with Crippen LogP contribution < -0.4 is 4.74 Å². The molecular formula is C26H33N3O2. The Morgan fingerprint density at radius 2 is 1.87 bits per heavy atom. The van der Waals surface area contributed by atoms with Gasteiger partial charge in [-0.25, -0.2) is 4.98 Å². The predicted octanol–water partition coefficient (Wildman–Crippen LogP) is 4.18. The largest absolute Gasteiger partial charge is 0.480 e. The summed E-state index contributed by atoms with van der Waals surface area (Å²) in [5, 5.41) is 0. The molecule has 2 bridgehead atoms. The van der Waals surface area contributed by atoms with Gasteiger partial charge in [0.1, 0.15) is 5.56 Å². The average molecular weight is 420 g/mol. The molecule has 1 aromatic heterocycles. The molecule has 5 atom stereocenters. The van der Waals surface area contributed by atoms with Crippen molar-refractivity contribution in [2.45, 2.75) is 69.6 Å². The van der Waals surface area contributed by atoms with Crippen LogP contribution in [-0.2, 0) is 6.42 Å². The Morgan fingerprint density at radius 1 is 1.13 bits per heavy atom. The fourth-order valence-electron chi connectivity index (χ4n) is 6.84. The minimum atomic E-state index is 0.0812. The zero-order valence-corrected chi connectivity index (χ0v) is 18.8. The van der Waals surface area contributed by atoms with Gasteiger partial charge in [-0.1, -0.05) is 50.1 Å². The minimum Gasteiger partial charge on any atom is -0.480 e. The molecule has 3 heterocycles. The smallest absolute Gasteiger partial charge is 0.259 e. The number of fused-ring (bicyclic) bond motifs is 1. The Hall–Kier alpha value is -2.40. The maximum absolute atomic E-state index is 14.0. The standard InChI is InChI=1S/C26H33N3O2/c1-26-17-21-20(16-18-10-5-4-6-11-18)28(2)22(26)13-7-8-14-23(26)29(21)25(30)19-12-9-15-27-24(19)31-3/h4-6,9-12,15,20-23H,7-8,13-14,16-17H2,1-3H3/t20-,21+,22-,23+,26-/m1/s1. The van der Waals surface area contributed by atoms with Crippen LogP contribution >= 0.6 is 0 Å². The quantitative estimate of drug-likeness (QED) is 0.746. The zero-order chi connectivity index (χ0) is 21.6. The molecule has 3 fully saturated rings. The van der Waals surface area contributed by atoms with Crippen molar-refractivity contribution in [2.24, 2.45) is 5.41 Å². The summed E-state index contributed by atoms with van der Waals surface area (Å²) >= 11 is 0. The van der Waals surface area contributed by atoms with Crippen LogP contribution in [0.4, 0.5) is 0 Å². The Labute approximate surface area is 185 Å². The summed E-state index contributed by atoms with van der Waals surface area (Å²) in [7, 11) is 3.89. The van der Waals surface area contributed by atoms with Crippen molar-refractivity contribution in [2.75, 3.05) is 14.2 Å². The van der Waals surface area contributed by atoms with Crippen LogP contribution in [0.25, 0.3) is 0 Å². The van der Waals surface area contributed by atoms with E-state index in [4.69, 9.17) is 4.74 Å². The number of pyridine rings is 1. The molecule has 0 unspecified atom stereocenters. The fraction of sp³-hybridized carbons (Fsp3) is 0.538. The van der Waals surface area contributed by atoms with E-state index in [9.17, 15) is 4.79 Å². The predicted molar refractivity (Wildman–Crippen MR) is 121 cm³/mol. The molecule has 5 nitrogen and oxygen atoms in total. The average Bonchev–Trinajstić information content (AvgIpc) is 2.94. The van der Waals surface area contributed by atoms with E-state index in [1.54, 1.807) is 13.3 Å². The third kappa shape index (κ3) is 3.25. The highest BCUT2D eigenvalue weighted by molar-refractivity contribution is 5.97. The number of carbonyl (C=O) groups is 1. The molecule has 1 amide bonds. The van der Waals surface area contributed by atoms with E-state index in [0.29, 0.717) is 23.5 Å². The summed E-state index contributed by atoms with van der Waals surface area (Å²) in [6.45, 7) is 2.43. The first-order valence-electron chi connectivity index (χ1n) is 11.6. The van der Waals surface area contributed by atoms with E-state index in [2.05, 4.69) is 59.1 Å². The van der Waals surface area contributed by atoms with E-state index in [1.165, 1.54) is 24.8 Å². The van der Waals surface area contributed by atoms with Gasteiger partial charge in [-0.05, 0) is 50.4 Å². The van der Waals surface area contributed by atoms with Gasteiger partial charge in [0, 0.05) is 35.8 Å². The SMILES string of the molecule is COc1ncccc1C(=O)N1[C@H]2CCCC[C@H]3N(C)[C@H](Cc4ccccc4)[C@@H]1C[C@@]23C. The molecule has 5 heteroatoms. The van der Waals surface area contributed by atoms with Crippen molar-refractivity contribution in [1.82, 2.24) is 14.8 Å². The van der Waals surface area contributed by atoms with Crippen LogP contribution in [0.3, 0.4) is 0 Å². The van der Waals surface area contributed by atoms with Crippen molar-refractivity contribution in [3.63, 3.8) is 0 Å². The first kappa shape index (κ1) is 20.5. The second-order valence-corrected chi connectivity index (χ2v) is 9.79. The highest BCUT2D eigenvalue weighted by Gasteiger charge is 2.62. The lowest BCUT2D eigenvalue weighted by Crippen LogP contribution is -2.58. The number of amides is 1. The lowest BCUT2D eigenvalue weighted by molar-refractivity contribution is 0.0156. The number of aromatic nitrogens is 1. The monoisotopic (exact) mass is 419 g/mol. The number of likely N-dealkylation sites (N-methyl/N-ethyl adjacent to an activating group) is 1. The Morgan fingerprint density at radius 3 is 2.61 bits per heavy atom. The lowest BCUT2D eigenvalue weighted by Gasteiger charge is -2.49. The van der Waals surface area contributed by atoms with Gasteiger partial charge >= 0.3 is 0 Å². The number of nitrogens with zero attached hydrogens (tertiary/aromatic N) is 3. The summed E-state index contributed by atoms with van der Waals surface area (Å²) in [6, 6.07) is 15.7. The van der Waals surface area contributed by atoms with Gasteiger partial charge in [0.25, 0.3) is 5.91 Å². The maximum atomic E-state index is 14.0. The molecule has 0 radical (unpaired) electrons. The maximum Gasteiger partial charge on any atom is 0.259 e. The Balaban J connectivity index is 1.57. The number of ether oxygens (including phenoxy) is 1. The number of hydrogen-bond donors (Lipinski definition) is 0. The van der Waals surface area contributed by atoms with E-state index in [1.807, 2.05) is 12.1 Å². The zero-order valence-electron chi connectivity index (χ0n) is 18.8. The van der Waals surface area contributed by atoms with Crippen molar-refractivity contribution in [3.8, 4) is 5.88 Å². The molecule has 2 aromatic rings. The molecule has 1 saturated carbocycles. The van der Waals surface area contributed by atoms with Gasteiger partial charge in [-0.2, -0.15) is 0 Å². The van der Waals surface area contributed by atoms with E-state index in [-0.39, 0.29) is 23.4 Å². The first-order valence-corrected chi connectivity index (χ1v) is 11.6. The number of piperidine rings is 1. The number of benzene rings is 1. The molecule has 1 aliphatic carbocycles. The number of methoxy groups -OCH3 is 1. The fourth-order valence-corrected chi connectivity index (χ4v) is 6.84. The van der Waals surface area contributed by atoms with Crippen LogP contribution in [0.2, 0.25) is 0 Å². The van der Waals surface area contributed by atoms with Crippen LogP contribution in [0.1, 0.15) is 54.9 Å². The lowest BCUT2D eigenvalue weighted by atomic mass is 9.69. The van der Waals surface area contributed by atoms with E-state index >= 15 is 0 Å². The van der Waals surface area contributed by atoms with Crippen molar-refractivity contribution in [3.05, 3.63) is 59.8 Å². The summed E-state index contributed by atoms with van der Waals surface area (Å²) in [4.78, 5) is 23.2. The molecule has 2 saturated heterocycles. The Bertz CT molecular complexity index is 949. The molecular weight excluding hydrogens is 386 g/mol. The molecule has 0 N–H and O–H groups in total. The molecule has 1 aromatic carbocycles. The van der Waals surface area contributed by atoms with Gasteiger partial charge in [-0.3, -0.25) is 9.69 Å². The van der Waals surface area contributed by atoms with Crippen LogP contribution in [0.15, 0.2) is 48.7 Å². The van der Waals surface area contributed by atoms with E-state index in [0.717, 1.165) is 19.3 Å². The van der Waals surface area contributed by atoms with Crippen LogP contribution in [0.5, 0.6) is 5.88 Å². The molecule has 31 heavy (non-hydrogen) atoms. The summed E-state index contributed by atoms with van der Waals surface area (Å²) < 4.78 is 5.47. The highest BCUT2D eigenvalue weighted by atomic mass is 16.5. The van der Waals surface area contributed by atoms with Crippen molar-refractivity contribution in [1.29, 1.82) is 0 Å². The third-order valence-electron chi connectivity index (χ3n) is 8.25. The van der Waals surface area contributed by atoms with Gasteiger partial charge in [0.05, 0.1) is 7.11 Å². The summed E-state index contributed by atoms with van der Waals surface area (Å²) in [5.74, 6) is 0.509. The van der Waals surface area contributed by atoms with Crippen LogP contribution in [0, 0.1) is 5.41 Å². The topological polar surface area (TPSA) is 45.7 Å². The van der Waals surface area contributed by atoms with Gasteiger partial charge in [-0.15, -0.1) is 0 Å². The minimum absolute atomic E-state index is 0.0812. The first-order chi connectivity index (χ1) is 15.0. The number of carbonyl (C=O) groups excluding carboxylic acids is 1. The van der Waals surface area contributed by atoms with Crippen molar-refractivity contribution >= 4 is 5.91 Å². The summed E-state index contributed by atoms with van der Waals surface area (Å²) in [5.41, 5.74) is 2.06. The normalized spacial score (nSPS) is 32.5. The second kappa shape index (κ2) is 7.94. The van der Waals surface area contributed by atoms with E-state index < -0.39 is 0 Å². The molecule has 3 aliphatic rings. The summed E-state index contributed by atoms with van der Waals surface area (Å²) in [6.07, 6.45) is 8.47. The Kier molecular flexibility index (Phi) is 5.25.